The van der Waals surface area contributed by atoms with Crippen LogP contribution < -0.4 is 10.1 Å². The van der Waals surface area contributed by atoms with E-state index in [-0.39, 0.29) is 0 Å². The van der Waals surface area contributed by atoms with Crippen LogP contribution in [0.4, 0.5) is 0 Å². The standard InChI is InChI=1S/C14H21NOS/c1-4-16-14-8-10(2)12(7-11(14)3)13-9-17-6-5-15-13/h7-8,13,15H,4-6,9H2,1-3H3. The van der Waals surface area contributed by atoms with Gasteiger partial charge in [0.05, 0.1) is 6.61 Å². The third-order valence-corrected chi connectivity index (χ3v) is 4.22. The zero-order valence-electron chi connectivity index (χ0n) is 10.9. The number of aryl methyl sites for hydroxylation is 2. The summed E-state index contributed by atoms with van der Waals surface area (Å²) in [5.41, 5.74) is 4.00. The summed E-state index contributed by atoms with van der Waals surface area (Å²) in [4.78, 5) is 0. The normalized spacial score (nSPS) is 20.3. The van der Waals surface area contributed by atoms with Crippen molar-refractivity contribution in [1.82, 2.24) is 5.32 Å². The van der Waals surface area contributed by atoms with Gasteiger partial charge < -0.3 is 10.1 Å². The molecule has 3 heteroatoms. The zero-order valence-corrected chi connectivity index (χ0v) is 11.7. The summed E-state index contributed by atoms with van der Waals surface area (Å²) < 4.78 is 5.63. The fourth-order valence-corrected chi connectivity index (χ4v) is 3.23. The second kappa shape index (κ2) is 5.78. The molecule has 17 heavy (non-hydrogen) atoms. The Hall–Kier alpha value is -0.670. The van der Waals surface area contributed by atoms with Crippen LogP contribution in [-0.2, 0) is 0 Å². The predicted octanol–water partition coefficient (Wildman–Crippen LogP) is 3.08. The highest BCUT2D eigenvalue weighted by atomic mass is 32.2. The third kappa shape index (κ3) is 2.96. The fourth-order valence-electron chi connectivity index (χ4n) is 2.26. The Morgan fingerprint density at radius 3 is 2.82 bits per heavy atom. The molecule has 1 N–H and O–H groups in total. The maximum Gasteiger partial charge on any atom is 0.122 e. The molecular weight excluding hydrogens is 230 g/mol. The Morgan fingerprint density at radius 1 is 1.35 bits per heavy atom. The second-order valence-electron chi connectivity index (χ2n) is 4.49. The summed E-state index contributed by atoms with van der Waals surface area (Å²) in [6.45, 7) is 8.18. The molecular formula is C14H21NOS. The van der Waals surface area contributed by atoms with E-state index in [4.69, 9.17) is 4.74 Å². The number of hydrogen-bond acceptors (Lipinski definition) is 3. The van der Waals surface area contributed by atoms with Crippen LogP contribution in [0.2, 0.25) is 0 Å². The van der Waals surface area contributed by atoms with Gasteiger partial charge in [0.2, 0.25) is 0 Å². The minimum Gasteiger partial charge on any atom is -0.494 e. The van der Waals surface area contributed by atoms with Gasteiger partial charge in [-0.3, -0.25) is 0 Å². The van der Waals surface area contributed by atoms with Gasteiger partial charge in [-0.1, -0.05) is 6.07 Å². The molecule has 94 valence electrons. The average molecular weight is 251 g/mol. The number of rotatable bonds is 3. The minimum atomic E-state index is 0.503. The molecule has 2 nitrogen and oxygen atoms in total. The highest BCUT2D eigenvalue weighted by Gasteiger charge is 2.18. The first-order valence-corrected chi connectivity index (χ1v) is 7.43. The molecule has 1 aliphatic rings. The van der Waals surface area contributed by atoms with Crippen molar-refractivity contribution in [3.63, 3.8) is 0 Å². The van der Waals surface area contributed by atoms with Gasteiger partial charge >= 0.3 is 0 Å². The lowest BCUT2D eigenvalue weighted by molar-refractivity contribution is 0.337. The van der Waals surface area contributed by atoms with Gasteiger partial charge in [-0.05, 0) is 43.5 Å². The Labute approximate surface area is 108 Å². The molecule has 1 aromatic carbocycles. The Balaban J connectivity index is 2.25. The van der Waals surface area contributed by atoms with E-state index in [1.165, 1.54) is 28.2 Å². The van der Waals surface area contributed by atoms with Crippen LogP contribution in [0, 0.1) is 13.8 Å². The molecule has 0 aromatic heterocycles. The summed E-state index contributed by atoms with van der Waals surface area (Å²) >= 11 is 2.03. The van der Waals surface area contributed by atoms with Crippen LogP contribution in [-0.4, -0.2) is 24.7 Å². The molecule has 1 saturated heterocycles. The highest BCUT2D eigenvalue weighted by Crippen LogP contribution is 2.29. The fraction of sp³-hybridized carbons (Fsp3) is 0.571. The first kappa shape index (κ1) is 12.8. The summed E-state index contributed by atoms with van der Waals surface area (Å²) in [6, 6.07) is 4.96. The van der Waals surface area contributed by atoms with E-state index in [0.29, 0.717) is 6.04 Å². The highest BCUT2D eigenvalue weighted by molar-refractivity contribution is 7.99. The maximum atomic E-state index is 5.63. The Morgan fingerprint density at radius 2 is 2.18 bits per heavy atom. The molecule has 1 fully saturated rings. The molecule has 2 rings (SSSR count). The van der Waals surface area contributed by atoms with E-state index in [1.807, 2.05) is 18.7 Å². The van der Waals surface area contributed by atoms with Crippen LogP contribution in [0.15, 0.2) is 12.1 Å². The molecule has 1 unspecified atom stereocenters. The van der Waals surface area contributed by atoms with Gasteiger partial charge in [0.15, 0.2) is 0 Å². The van der Waals surface area contributed by atoms with E-state index < -0.39 is 0 Å². The van der Waals surface area contributed by atoms with Crippen LogP contribution >= 0.6 is 11.8 Å². The first-order chi connectivity index (χ1) is 8.22. The van der Waals surface area contributed by atoms with Gasteiger partial charge in [0.1, 0.15) is 5.75 Å². The van der Waals surface area contributed by atoms with Crippen molar-refractivity contribution in [2.75, 3.05) is 24.7 Å². The van der Waals surface area contributed by atoms with Crippen LogP contribution in [0.25, 0.3) is 0 Å². The molecule has 0 aliphatic carbocycles. The van der Waals surface area contributed by atoms with Crippen molar-refractivity contribution in [1.29, 1.82) is 0 Å². The predicted molar refractivity (Wildman–Crippen MR) is 75.2 cm³/mol. The van der Waals surface area contributed by atoms with Crippen molar-refractivity contribution in [2.24, 2.45) is 0 Å². The number of hydrogen-bond donors (Lipinski definition) is 1. The largest absolute Gasteiger partial charge is 0.494 e. The number of nitrogens with one attached hydrogen (secondary N) is 1. The molecule has 0 amide bonds. The second-order valence-corrected chi connectivity index (χ2v) is 5.64. The zero-order chi connectivity index (χ0) is 12.3. The summed E-state index contributed by atoms with van der Waals surface area (Å²) in [7, 11) is 0. The quantitative estimate of drug-likeness (QED) is 0.892. The Kier molecular flexibility index (Phi) is 4.35. The number of ether oxygens (including phenoxy) is 1. The molecule has 0 spiro atoms. The lowest BCUT2D eigenvalue weighted by atomic mass is 9.99. The molecule has 0 saturated carbocycles. The lowest BCUT2D eigenvalue weighted by Crippen LogP contribution is -2.30. The van der Waals surface area contributed by atoms with Crippen molar-refractivity contribution in [3.8, 4) is 5.75 Å². The number of thioether (sulfide) groups is 1. The number of benzene rings is 1. The molecule has 1 atom stereocenters. The molecule has 0 radical (unpaired) electrons. The van der Waals surface area contributed by atoms with Crippen molar-refractivity contribution in [3.05, 3.63) is 28.8 Å². The minimum absolute atomic E-state index is 0.503. The monoisotopic (exact) mass is 251 g/mol. The summed E-state index contributed by atoms with van der Waals surface area (Å²) in [6.07, 6.45) is 0. The third-order valence-electron chi connectivity index (χ3n) is 3.16. The molecule has 0 bridgehead atoms. The van der Waals surface area contributed by atoms with Crippen molar-refractivity contribution >= 4 is 11.8 Å². The topological polar surface area (TPSA) is 21.3 Å². The average Bonchev–Trinajstić information content (AvgIpc) is 2.35. The van der Waals surface area contributed by atoms with Gasteiger partial charge in [-0.25, -0.2) is 0 Å². The van der Waals surface area contributed by atoms with Gasteiger partial charge in [0, 0.05) is 24.1 Å². The first-order valence-electron chi connectivity index (χ1n) is 6.27. The molecule has 1 aromatic rings. The summed E-state index contributed by atoms with van der Waals surface area (Å²) in [5.74, 6) is 3.43. The van der Waals surface area contributed by atoms with Crippen LogP contribution in [0.5, 0.6) is 5.75 Å². The molecule has 1 aliphatic heterocycles. The van der Waals surface area contributed by atoms with Crippen molar-refractivity contribution in [2.45, 2.75) is 26.8 Å². The van der Waals surface area contributed by atoms with Gasteiger partial charge in [0.25, 0.3) is 0 Å². The van der Waals surface area contributed by atoms with Crippen LogP contribution in [0.3, 0.4) is 0 Å². The summed E-state index contributed by atoms with van der Waals surface area (Å²) in [5, 5.41) is 3.59. The van der Waals surface area contributed by atoms with E-state index in [0.717, 1.165) is 18.9 Å². The Bertz CT molecular complexity index is 386. The van der Waals surface area contributed by atoms with E-state index in [9.17, 15) is 0 Å². The van der Waals surface area contributed by atoms with Crippen LogP contribution in [0.1, 0.15) is 29.7 Å². The van der Waals surface area contributed by atoms with E-state index in [1.54, 1.807) is 0 Å². The lowest BCUT2D eigenvalue weighted by Gasteiger charge is -2.26. The van der Waals surface area contributed by atoms with E-state index >= 15 is 0 Å². The maximum absolute atomic E-state index is 5.63. The van der Waals surface area contributed by atoms with E-state index in [2.05, 4.69) is 31.3 Å². The van der Waals surface area contributed by atoms with Gasteiger partial charge in [-0.2, -0.15) is 11.8 Å². The SMILES string of the molecule is CCOc1cc(C)c(C2CSCCN2)cc1C. The van der Waals surface area contributed by atoms with Gasteiger partial charge in [-0.15, -0.1) is 0 Å². The molecule has 1 heterocycles. The smallest absolute Gasteiger partial charge is 0.122 e. The van der Waals surface area contributed by atoms with Crippen molar-refractivity contribution < 1.29 is 4.74 Å².